The first-order valence-electron chi connectivity index (χ1n) is 8.82. The lowest BCUT2D eigenvalue weighted by Crippen LogP contribution is -2.12. The minimum atomic E-state index is 0.0430. The van der Waals surface area contributed by atoms with Crippen molar-refractivity contribution in [2.24, 2.45) is 0 Å². The van der Waals surface area contributed by atoms with E-state index in [1.165, 1.54) is 0 Å². The van der Waals surface area contributed by atoms with Gasteiger partial charge in [-0.1, -0.05) is 18.2 Å². The predicted octanol–water partition coefficient (Wildman–Crippen LogP) is 4.21. The van der Waals surface area contributed by atoms with Crippen molar-refractivity contribution in [3.05, 3.63) is 84.6 Å². The normalized spacial score (nSPS) is 11.9. The zero-order valence-corrected chi connectivity index (χ0v) is 15.2. The molecule has 1 aromatic carbocycles. The summed E-state index contributed by atoms with van der Waals surface area (Å²) < 4.78 is 1.87. The molecule has 0 aliphatic carbocycles. The Hall–Kier alpha value is -3.54. The highest BCUT2D eigenvalue weighted by Crippen LogP contribution is 2.25. The molecular formula is C21H20N6. The van der Waals surface area contributed by atoms with Crippen molar-refractivity contribution in [3.8, 4) is 17.1 Å². The van der Waals surface area contributed by atoms with Gasteiger partial charge >= 0.3 is 0 Å². The summed E-state index contributed by atoms with van der Waals surface area (Å²) in [6.07, 6.45) is 7.24. The van der Waals surface area contributed by atoms with Gasteiger partial charge in [0.1, 0.15) is 5.82 Å². The molecule has 6 heteroatoms. The molecular weight excluding hydrogens is 336 g/mol. The minimum absolute atomic E-state index is 0.0430. The molecule has 0 radical (unpaired) electrons. The number of hydrogen-bond donors (Lipinski definition) is 1. The van der Waals surface area contributed by atoms with Crippen LogP contribution in [0.25, 0.3) is 17.1 Å². The van der Waals surface area contributed by atoms with Gasteiger partial charge in [0.15, 0.2) is 5.82 Å². The standard InChI is InChI=1S/C21H20N6/c1-15-13-20(26-21(24-15)17-7-5-10-22-14-17)25-16(2)18-8-3-4-9-19(18)27-12-6-11-23-27/h3-14,16H,1-2H3,(H,24,25,26). The fourth-order valence-corrected chi connectivity index (χ4v) is 3.04. The number of benzene rings is 1. The van der Waals surface area contributed by atoms with E-state index in [0.717, 1.165) is 28.3 Å². The van der Waals surface area contributed by atoms with E-state index in [2.05, 4.69) is 44.4 Å². The van der Waals surface area contributed by atoms with E-state index < -0.39 is 0 Å². The van der Waals surface area contributed by atoms with Crippen LogP contribution >= 0.6 is 0 Å². The summed E-state index contributed by atoms with van der Waals surface area (Å²) in [6, 6.07) is 16.0. The molecule has 6 nitrogen and oxygen atoms in total. The highest BCUT2D eigenvalue weighted by molar-refractivity contribution is 5.57. The Labute approximate surface area is 158 Å². The van der Waals surface area contributed by atoms with E-state index >= 15 is 0 Å². The molecule has 0 fully saturated rings. The number of pyridine rings is 1. The summed E-state index contributed by atoms with van der Waals surface area (Å²) in [6.45, 7) is 4.08. The number of anilines is 1. The minimum Gasteiger partial charge on any atom is -0.363 e. The van der Waals surface area contributed by atoms with Gasteiger partial charge < -0.3 is 5.32 Å². The van der Waals surface area contributed by atoms with Gasteiger partial charge in [-0.2, -0.15) is 5.10 Å². The quantitative estimate of drug-likeness (QED) is 0.580. The number of rotatable bonds is 5. The number of hydrogen-bond acceptors (Lipinski definition) is 5. The van der Waals surface area contributed by atoms with Crippen LogP contribution in [-0.4, -0.2) is 24.7 Å². The Balaban J connectivity index is 1.65. The van der Waals surface area contributed by atoms with E-state index in [4.69, 9.17) is 0 Å². The van der Waals surface area contributed by atoms with Crippen LogP contribution in [0.1, 0.15) is 24.2 Å². The summed E-state index contributed by atoms with van der Waals surface area (Å²) in [5.74, 6) is 1.45. The Kier molecular flexibility index (Phi) is 4.61. The summed E-state index contributed by atoms with van der Waals surface area (Å²) >= 11 is 0. The molecule has 1 atom stereocenters. The maximum absolute atomic E-state index is 4.68. The van der Waals surface area contributed by atoms with E-state index in [-0.39, 0.29) is 6.04 Å². The second-order valence-electron chi connectivity index (χ2n) is 6.34. The molecule has 1 unspecified atom stereocenters. The smallest absolute Gasteiger partial charge is 0.163 e. The molecule has 0 bridgehead atoms. The first kappa shape index (κ1) is 16.9. The van der Waals surface area contributed by atoms with Gasteiger partial charge in [0.2, 0.25) is 0 Å². The van der Waals surface area contributed by atoms with E-state index in [0.29, 0.717) is 5.82 Å². The monoisotopic (exact) mass is 356 g/mol. The molecule has 4 rings (SSSR count). The first-order chi connectivity index (χ1) is 13.2. The Morgan fingerprint density at radius 1 is 1.00 bits per heavy atom. The summed E-state index contributed by atoms with van der Waals surface area (Å²) in [5, 5.41) is 7.86. The number of nitrogens with zero attached hydrogens (tertiary/aromatic N) is 5. The lowest BCUT2D eigenvalue weighted by molar-refractivity contribution is 0.813. The van der Waals surface area contributed by atoms with Gasteiger partial charge in [-0.3, -0.25) is 4.98 Å². The molecule has 0 aliphatic heterocycles. The molecule has 1 N–H and O–H groups in total. The fourth-order valence-electron chi connectivity index (χ4n) is 3.04. The highest BCUT2D eigenvalue weighted by Gasteiger charge is 2.13. The molecule has 0 aliphatic rings. The Bertz CT molecular complexity index is 1030. The molecule has 0 spiro atoms. The van der Waals surface area contributed by atoms with Gasteiger partial charge in [-0.25, -0.2) is 14.6 Å². The average molecular weight is 356 g/mol. The topological polar surface area (TPSA) is 68.5 Å². The maximum atomic E-state index is 4.68. The van der Waals surface area contributed by atoms with Crippen LogP contribution in [0, 0.1) is 6.92 Å². The van der Waals surface area contributed by atoms with Crippen LogP contribution in [0.15, 0.2) is 73.3 Å². The van der Waals surface area contributed by atoms with Gasteiger partial charge in [0.25, 0.3) is 0 Å². The third-order valence-electron chi connectivity index (χ3n) is 4.29. The molecule has 0 saturated carbocycles. The third kappa shape index (κ3) is 3.69. The van der Waals surface area contributed by atoms with Crippen molar-refractivity contribution in [3.63, 3.8) is 0 Å². The van der Waals surface area contributed by atoms with Crippen LogP contribution in [0.2, 0.25) is 0 Å². The van der Waals surface area contributed by atoms with Gasteiger partial charge in [-0.15, -0.1) is 0 Å². The van der Waals surface area contributed by atoms with Gasteiger partial charge in [-0.05, 0) is 43.7 Å². The van der Waals surface area contributed by atoms with Crippen LogP contribution in [0.3, 0.4) is 0 Å². The van der Waals surface area contributed by atoms with Crippen LogP contribution in [0.5, 0.6) is 0 Å². The molecule has 4 aromatic rings. The zero-order chi connectivity index (χ0) is 18.6. The van der Waals surface area contributed by atoms with Crippen molar-refractivity contribution in [1.29, 1.82) is 0 Å². The van der Waals surface area contributed by atoms with Crippen LogP contribution in [0.4, 0.5) is 5.82 Å². The van der Waals surface area contributed by atoms with Gasteiger partial charge in [0, 0.05) is 42.1 Å². The SMILES string of the molecule is Cc1cc(NC(C)c2ccccc2-n2cccn2)nc(-c2cccnc2)n1. The number of nitrogens with one attached hydrogen (secondary N) is 1. The maximum Gasteiger partial charge on any atom is 0.163 e. The predicted molar refractivity (Wildman–Crippen MR) is 106 cm³/mol. The highest BCUT2D eigenvalue weighted by atomic mass is 15.3. The van der Waals surface area contributed by atoms with Crippen molar-refractivity contribution in [1.82, 2.24) is 24.7 Å². The molecule has 134 valence electrons. The zero-order valence-electron chi connectivity index (χ0n) is 15.2. The number of para-hydroxylation sites is 1. The van der Waals surface area contributed by atoms with Crippen LogP contribution in [-0.2, 0) is 0 Å². The second kappa shape index (κ2) is 7.37. The molecule has 27 heavy (non-hydrogen) atoms. The summed E-state index contributed by atoms with van der Waals surface area (Å²) in [5.41, 5.74) is 3.98. The van der Waals surface area contributed by atoms with E-state index in [9.17, 15) is 0 Å². The summed E-state index contributed by atoms with van der Waals surface area (Å²) in [4.78, 5) is 13.4. The Morgan fingerprint density at radius 3 is 2.67 bits per heavy atom. The van der Waals surface area contributed by atoms with E-state index in [1.54, 1.807) is 18.6 Å². The molecule has 3 aromatic heterocycles. The lowest BCUT2D eigenvalue weighted by atomic mass is 10.1. The van der Waals surface area contributed by atoms with Crippen molar-refractivity contribution < 1.29 is 0 Å². The largest absolute Gasteiger partial charge is 0.363 e. The second-order valence-corrected chi connectivity index (χ2v) is 6.34. The van der Waals surface area contributed by atoms with Crippen molar-refractivity contribution >= 4 is 5.82 Å². The number of aryl methyl sites for hydroxylation is 1. The first-order valence-corrected chi connectivity index (χ1v) is 8.82. The lowest BCUT2D eigenvalue weighted by Gasteiger charge is -2.19. The van der Waals surface area contributed by atoms with Gasteiger partial charge in [0.05, 0.1) is 11.7 Å². The van der Waals surface area contributed by atoms with Crippen molar-refractivity contribution in [2.75, 3.05) is 5.32 Å². The van der Waals surface area contributed by atoms with Crippen LogP contribution < -0.4 is 5.32 Å². The third-order valence-corrected chi connectivity index (χ3v) is 4.29. The molecule has 3 heterocycles. The van der Waals surface area contributed by atoms with Crippen molar-refractivity contribution in [2.45, 2.75) is 19.9 Å². The molecule has 0 saturated heterocycles. The fraction of sp³-hybridized carbons (Fsp3) is 0.143. The Morgan fingerprint density at radius 2 is 1.89 bits per heavy atom. The van der Waals surface area contributed by atoms with E-state index in [1.807, 2.05) is 54.2 Å². The molecule has 0 amide bonds. The summed E-state index contributed by atoms with van der Waals surface area (Å²) in [7, 11) is 0. The number of aromatic nitrogens is 5. The average Bonchev–Trinajstić information content (AvgIpc) is 3.23.